The van der Waals surface area contributed by atoms with Crippen LogP contribution in [0.5, 0.6) is 0 Å². The maximum absolute atomic E-state index is 13.8. The van der Waals surface area contributed by atoms with Crippen LogP contribution in [0, 0.1) is 5.82 Å². The van der Waals surface area contributed by atoms with Crippen LogP contribution in [0.1, 0.15) is 27.7 Å². The highest BCUT2D eigenvalue weighted by molar-refractivity contribution is 6.30. The van der Waals surface area contributed by atoms with Crippen LogP contribution in [0.2, 0.25) is 5.02 Å². The number of carbonyl (C=O) groups is 1. The lowest BCUT2D eigenvalue weighted by molar-refractivity contribution is 0.0970. The van der Waals surface area contributed by atoms with Crippen molar-refractivity contribution in [2.24, 2.45) is 0 Å². The summed E-state index contributed by atoms with van der Waals surface area (Å²) in [5, 5.41) is 0.507. The number of anilines is 1. The average Bonchev–Trinajstić information content (AvgIpc) is 3.03. The van der Waals surface area contributed by atoms with Gasteiger partial charge in [-0.1, -0.05) is 41.9 Å². The van der Waals surface area contributed by atoms with Crippen LogP contribution in [0.15, 0.2) is 76.1 Å². The number of fused-ring (bicyclic) bond motifs is 2. The maximum Gasteiger partial charge on any atom is 0.296 e. The molecule has 0 radical (unpaired) electrons. The summed E-state index contributed by atoms with van der Waals surface area (Å²) in [6, 6.07) is 15.2. The normalized spacial score (nSPS) is 15.7. The number of benzene rings is 2. The van der Waals surface area contributed by atoms with Crippen molar-refractivity contribution in [2.45, 2.75) is 6.04 Å². The van der Waals surface area contributed by atoms with Crippen LogP contribution in [-0.4, -0.2) is 10.9 Å². The smallest absolute Gasteiger partial charge is 0.296 e. The second-order valence-corrected chi connectivity index (χ2v) is 7.07. The molecule has 0 saturated carbocycles. The molecule has 5 nitrogen and oxygen atoms in total. The van der Waals surface area contributed by atoms with E-state index in [1.807, 2.05) is 30.3 Å². The molecule has 2 aromatic heterocycles. The minimum Gasteiger partial charge on any atom is -0.450 e. The topological polar surface area (TPSA) is 63.4 Å². The second-order valence-electron chi connectivity index (χ2n) is 6.64. The summed E-state index contributed by atoms with van der Waals surface area (Å²) in [7, 11) is 0. The Balaban J connectivity index is 1.82. The fraction of sp³-hybridized carbons (Fsp3) is 0.0455. The number of amides is 1. The van der Waals surface area contributed by atoms with Crippen LogP contribution in [0.4, 0.5) is 10.2 Å². The zero-order valence-electron chi connectivity index (χ0n) is 14.8. The minimum atomic E-state index is -0.753. The first-order valence-corrected chi connectivity index (χ1v) is 9.19. The van der Waals surface area contributed by atoms with Gasteiger partial charge in [0.2, 0.25) is 5.76 Å². The molecular formula is C22H12ClFN2O3. The first-order valence-electron chi connectivity index (χ1n) is 8.81. The molecule has 29 heavy (non-hydrogen) atoms. The van der Waals surface area contributed by atoms with E-state index in [0.29, 0.717) is 16.4 Å². The van der Waals surface area contributed by atoms with E-state index in [2.05, 4.69) is 4.98 Å². The third-order valence-electron chi connectivity index (χ3n) is 4.91. The van der Waals surface area contributed by atoms with E-state index in [0.717, 1.165) is 6.07 Å². The Morgan fingerprint density at radius 3 is 2.55 bits per heavy atom. The van der Waals surface area contributed by atoms with Gasteiger partial charge in [0.05, 0.1) is 22.0 Å². The quantitative estimate of drug-likeness (QED) is 0.482. The van der Waals surface area contributed by atoms with Crippen molar-refractivity contribution in [3.63, 3.8) is 0 Å². The Kier molecular flexibility index (Phi) is 3.96. The molecule has 4 aromatic rings. The van der Waals surface area contributed by atoms with Crippen molar-refractivity contribution < 1.29 is 13.6 Å². The van der Waals surface area contributed by atoms with Gasteiger partial charge in [-0.3, -0.25) is 14.5 Å². The van der Waals surface area contributed by atoms with Crippen LogP contribution in [-0.2, 0) is 0 Å². The number of rotatable bonds is 2. The van der Waals surface area contributed by atoms with Gasteiger partial charge in [0.25, 0.3) is 5.91 Å². The molecule has 7 heteroatoms. The van der Waals surface area contributed by atoms with Gasteiger partial charge < -0.3 is 4.42 Å². The second kappa shape index (κ2) is 6.53. The Hall–Kier alpha value is -3.51. The highest BCUT2D eigenvalue weighted by Crippen LogP contribution is 2.40. The zero-order valence-corrected chi connectivity index (χ0v) is 15.6. The molecule has 1 amide bonds. The van der Waals surface area contributed by atoms with E-state index in [1.54, 1.807) is 12.1 Å². The van der Waals surface area contributed by atoms with Gasteiger partial charge in [-0.15, -0.1) is 0 Å². The minimum absolute atomic E-state index is 0.0697. The monoisotopic (exact) mass is 406 g/mol. The largest absolute Gasteiger partial charge is 0.450 e. The number of aromatic nitrogens is 1. The third-order valence-corrected chi connectivity index (χ3v) is 5.13. The Morgan fingerprint density at radius 1 is 1.03 bits per heavy atom. The summed E-state index contributed by atoms with van der Waals surface area (Å²) >= 11 is 5.94. The molecular weight excluding hydrogens is 395 g/mol. The summed E-state index contributed by atoms with van der Waals surface area (Å²) < 4.78 is 19.5. The first-order chi connectivity index (χ1) is 14.0. The standard InChI is InChI=1S/C22H12ClFN2O3/c23-13-6-9-17(25-11-13)26-19(12-4-2-1-3-5-12)18-20(27)15-10-14(24)7-8-16(15)29-21(18)22(26)28/h1-11,19H/t19-/m0/s1. The lowest BCUT2D eigenvalue weighted by atomic mass is 9.98. The molecule has 0 unspecified atom stereocenters. The lowest BCUT2D eigenvalue weighted by Crippen LogP contribution is -2.30. The average molecular weight is 407 g/mol. The predicted molar refractivity (Wildman–Crippen MR) is 107 cm³/mol. The van der Waals surface area contributed by atoms with Crippen molar-refractivity contribution in [1.29, 1.82) is 0 Å². The number of hydrogen-bond donors (Lipinski definition) is 0. The lowest BCUT2D eigenvalue weighted by Gasteiger charge is -2.24. The van der Waals surface area contributed by atoms with Crippen molar-refractivity contribution in [3.8, 4) is 0 Å². The number of carbonyl (C=O) groups excluding carboxylic acids is 1. The zero-order chi connectivity index (χ0) is 20.1. The van der Waals surface area contributed by atoms with Gasteiger partial charge in [-0.25, -0.2) is 9.37 Å². The van der Waals surface area contributed by atoms with Gasteiger partial charge in [-0.05, 0) is 35.9 Å². The Bertz CT molecular complexity index is 1320. The van der Waals surface area contributed by atoms with E-state index in [1.165, 1.54) is 23.2 Å². The van der Waals surface area contributed by atoms with Crippen molar-refractivity contribution in [2.75, 3.05) is 4.90 Å². The van der Waals surface area contributed by atoms with Crippen molar-refractivity contribution in [3.05, 3.63) is 105 Å². The number of hydrogen-bond acceptors (Lipinski definition) is 4. The number of halogens is 2. The third kappa shape index (κ3) is 2.72. The van der Waals surface area contributed by atoms with E-state index in [-0.39, 0.29) is 22.3 Å². The molecule has 5 rings (SSSR count). The van der Waals surface area contributed by atoms with E-state index in [9.17, 15) is 14.0 Å². The van der Waals surface area contributed by atoms with Crippen LogP contribution in [0.3, 0.4) is 0 Å². The van der Waals surface area contributed by atoms with Gasteiger partial charge in [0.15, 0.2) is 5.43 Å². The number of pyridine rings is 1. The molecule has 1 atom stereocenters. The molecule has 0 aliphatic carbocycles. The Morgan fingerprint density at radius 2 is 1.83 bits per heavy atom. The fourth-order valence-electron chi connectivity index (χ4n) is 3.64. The molecule has 1 aliphatic heterocycles. The van der Waals surface area contributed by atoms with Crippen LogP contribution in [0.25, 0.3) is 11.0 Å². The molecule has 142 valence electrons. The van der Waals surface area contributed by atoms with Crippen LogP contribution < -0.4 is 10.3 Å². The summed E-state index contributed by atoms with van der Waals surface area (Å²) in [6.07, 6.45) is 1.43. The first kappa shape index (κ1) is 17.6. The highest BCUT2D eigenvalue weighted by Gasteiger charge is 2.44. The van der Waals surface area contributed by atoms with E-state index < -0.39 is 23.2 Å². The van der Waals surface area contributed by atoms with Crippen LogP contribution >= 0.6 is 11.6 Å². The number of nitrogens with zero attached hydrogens (tertiary/aromatic N) is 2. The molecule has 0 saturated heterocycles. The SMILES string of the molecule is O=C1c2oc3ccc(F)cc3c(=O)c2[C@H](c2ccccc2)N1c1ccc(Cl)cn1. The predicted octanol–water partition coefficient (Wildman–Crippen LogP) is 4.73. The fourth-order valence-corrected chi connectivity index (χ4v) is 3.75. The maximum atomic E-state index is 13.8. The molecule has 0 N–H and O–H groups in total. The van der Waals surface area contributed by atoms with Crippen molar-refractivity contribution >= 4 is 34.3 Å². The highest BCUT2D eigenvalue weighted by atomic mass is 35.5. The molecule has 0 spiro atoms. The van der Waals surface area contributed by atoms with Gasteiger partial charge in [-0.2, -0.15) is 0 Å². The Labute approximate surface area is 169 Å². The van der Waals surface area contributed by atoms with Gasteiger partial charge >= 0.3 is 0 Å². The summed E-state index contributed by atoms with van der Waals surface area (Å²) in [5.74, 6) is -0.789. The summed E-state index contributed by atoms with van der Waals surface area (Å²) in [4.78, 5) is 32.2. The van der Waals surface area contributed by atoms with Gasteiger partial charge in [0.1, 0.15) is 17.2 Å². The van der Waals surface area contributed by atoms with Crippen molar-refractivity contribution in [1.82, 2.24) is 4.98 Å². The summed E-state index contributed by atoms with van der Waals surface area (Å²) in [6.45, 7) is 0. The molecule has 2 aromatic carbocycles. The molecule has 0 bridgehead atoms. The molecule has 1 aliphatic rings. The molecule has 0 fully saturated rings. The van der Waals surface area contributed by atoms with E-state index in [4.69, 9.17) is 16.0 Å². The van der Waals surface area contributed by atoms with E-state index >= 15 is 0 Å². The van der Waals surface area contributed by atoms with Gasteiger partial charge in [0, 0.05) is 6.20 Å². The molecule has 3 heterocycles. The summed E-state index contributed by atoms with van der Waals surface area (Å²) in [5.41, 5.74) is 0.580.